The van der Waals surface area contributed by atoms with Gasteiger partial charge in [0.1, 0.15) is 5.75 Å². The van der Waals surface area contributed by atoms with Gasteiger partial charge in [-0.2, -0.15) is 13.2 Å². The van der Waals surface area contributed by atoms with Gasteiger partial charge in [-0.3, -0.25) is 0 Å². The van der Waals surface area contributed by atoms with Crippen LogP contribution in [0.2, 0.25) is 0 Å². The molecule has 1 heterocycles. The quantitative estimate of drug-likeness (QED) is 0.910. The molecule has 1 fully saturated rings. The van der Waals surface area contributed by atoms with Crippen molar-refractivity contribution in [1.29, 1.82) is 0 Å². The van der Waals surface area contributed by atoms with Gasteiger partial charge in [0.2, 0.25) is 0 Å². The van der Waals surface area contributed by atoms with Crippen LogP contribution in [0.5, 0.6) is 5.75 Å². The van der Waals surface area contributed by atoms with E-state index in [2.05, 4.69) is 5.32 Å². The molecule has 0 spiro atoms. The van der Waals surface area contributed by atoms with Gasteiger partial charge in [0, 0.05) is 24.3 Å². The second-order valence-corrected chi connectivity index (χ2v) is 5.93. The number of halogens is 3. The van der Waals surface area contributed by atoms with Crippen LogP contribution in [0.25, 0.3) is 0 Å². The molecular formula is C16H21F3N2O3. The number of rotatable bonds is 3. The molecule has 2 amide bonds. The van der Waals surface area contributed by atoms with E-state index in [1.807, 2.05) is 13.8 Å². The lowest BCUT2D eigenvalue weighted by molar-refractivity contribution is -0.153. The summed E-state index contributed by atoms with van der Waals surface area (Å²) in [6, 6.07) is 4.29. The predicted octanol–water partition coefficient (Wildman–Crippen LogP) is 3.58. The monoisotopic (exact) mass is 346 g/mol. The normalized spacial score (nSPS) is 21.5. The maximum atomic E-state index is 12.4. The van der Waals surface area contributed by atoms with E-state index >= 15 is 0 Å². The number of hydrogen-bond acceptors (Lipinski definition) is 3. The zero-order valence-electron chi connectivity index (χ0n) is 13.8. The van der Waals surface area contributed by atoms with Crippen molar-refractivity contribution in [3.8, 4) is 5.75 Å². The summed E-state index contributed by atoms with van der Waals surface area (Å²) in [5.74, 6) is 0.0915. The Kier molecular flexibility index (Phi) is 5.58. The van der Waals surface area contributed by atoms with E-state index in [1.165, 1.54) is 6.07 Å². The third kappa shape index (κ3) is 5.02. The van der Waals surface area contributed by atoms with Crippen LogP contribution in [0, 0.1) is 6.92 Å². The molecule has 1 aliphatic rings. The van der Waals surface area contributed by atoms with Crippen LogP contribution in [0.1, 0.15) is 19.4 Å². The Balaban J connectivity index is 2.05. The van der Waals surface area contributed by atoms with Crippen LogP contribution in [-0.2, 0) is 4.74 Å². The van der Waals surface area contributed by atoms with Crippen molar-refractivity contribution in [3.05, 3.63) is 23.8 Å². The highest BCUT2D eigenvalue weighted by Crippen LogP contribution is 2.27. The second-order valence-electron chi connectivity index (χ2n) is 5.93. The lowest BCUT2D eigenvalue weighted by atomic mass is 10.2. The molecule has 0 radical (unpaired) electrons. The van der Waals surface area contributed by atoms with Crippen molar-refractivity contribution in [2.45, 2.75) is 39.2 Å². The first kappa shape index (κ1) is 18.4. The zero-order valence-corrected chi connectivity index (χ0v) is 13.8. The van der Waals surface area contributed by atoms with E-state index < -0.39 is 12.8 Å². The smallest absolute Gasteiger partial charge is 0.422 e. The van der Waals surface area contributed by atoms with Gasteiger partial charge >= 0.3 is 12.2 Å². The molecule has 8 heteroatoms. The van der Waals surface area contributed by atoms with Gasteiger partial charge in [-0.1, -0.05) is 6.07 Å². The number of carbonyl (C=O) groups excluding carboxylic acids is 1. The Morgan fingerprint density at radius 2 is 1.96 bits per heavy atom. The number of ether oxygens (including phenoxy) is 2. The van der Waals surface area contributed by atoms with Crippen molar-refractivity contribution < 1.29 is 27.4 Å². The first-order chi connectivity index (χ1) is 11.2. The second kappa shape index (κ2) is 7.29. The topological polar surface area (TPSA) is 50.8 Å². The van der Waals surface area contributed by atoms with Crippen LogP contribution >= 0.6 is 0 Å². The van der Waals surface area contributed by atoms with E-state index in [1.54, 1.807) is 24.0 Å². The van der Waals surface area contributed by atoms with Gasteiger partial charge in [0.15, 0.2) is 6.61 Å². The average Bonchev–Trinajstić information content (AvgIpc) is 2.46. The average molecular weight is 346 g/mol. The molecule has 1 aromatic rings. The van der Waals surface area contributed by atoms with E-state index in [4.69, 9.17) is 9.47 Å². The molecule has 1 aromatic carbocycles. The molecule has 2 atom stereocenters. The SMILES string of the molecule is Cc1c(NC(=O)N2C[C@H](C)O[C@@H](C)C2)cccc1OCC(F)(F)F. The molecular weight excluding hydrogens is 325 g/mol. The standard InChI is InChI=1S/C16H21F3N2O3/c1-10-7-21(8-11(2)24-10)15(22)20-13-5-4-6-14(12(13)3)23-9-16(17,18)19/h4-6,10-11H,7-9H2,1-3H3,(H,20,22)/t10-,11-/m0/s1. The van der Waals surface area contributed by atoms with Crippen LogP contribution < -0.4 is 10.1 Å². The molecule has 0 unspecified atom stereocenters. The van der Waals surface area contributed by atoms with E-state index in [0.717, 1.165) is 0 Å². The van der Waals surface area contributed by atoms with Gasteiger partial charge in [0.05, 0.1) is 12.2 Å². The number of benzene rings is 1. The van der Waals surface area contributed by atoms with Crippen molar-refractivity contribution in [2.24, 2.45) is 0 Å². The van der Waals surface area contributed by atoms with Gasteiger partial charge in [-0.05, 0) is 32.9 Å². The van der Waals surface area contributed by atoms with Crippen LogP contribution in [0.15, 0.2) is 18.2 Å². The highest BCUT2D eigenvalue weighted by atomic mass is 19.4. The highest BCUT2D eigenvalue weighted by Gasteiger charge is 2.29. The lowest BCUT2D eigenvalue weighted by Gasteiger charge is -2.35. The number of anilines is 1. The Hall–Kier alpha value is -1.96. The molecule has 134 valence electrons. The first-order valence-electron chi connectivity index (χ1n) is 7.66. The number of urea groups is 1. The fourth-order valence-electron chi connectivity index (χ4n) is 2.60. The number of nitrogens with one attached hydrogen (secondary N) is 1. The molecule has 24 heavy (non-hydrogen) atoms. The minimum absolute atomic E-state index is 0.0675. The first-order valence-corrected chi connectivity index (χ1v) is 7.66. The summed E-state index contributed by atoms with van der Waals surface area (Å²) in [4.78, 5) is 14.0. The summed E-state index contributed by atoms with van der Waals surface area (Å²) in [5.41, 5.74) is 0.871. The number of hydrogen-bond donors (Lipinski definition) is 1. The van der Waals surface area contributed by atoms with Crippen molar-refractivity contribution in [1.82, 2.24) is 4.90 Å². The molecule has 0 bridgehead atoms. The Bertz CT molecular complexity index is 582. The minimum atomic E-state index is -4.41. The number of carbonyl (C=O) groups is 1. The van der Waals surface area contributed by atoms with Gasteiger partial charge in [-0.15, -0.1) is 0 Å². The minimum Gasteiger partial charge on any atom is -0.484 e. The third-order valence-electron chi connectivity index (χ3n) is 3.62. The summed E-state index contributed by atoms with van der Waals surface area (Å²) in [6.45, 7) is 4.91. The fraction of sp³-hybridized carbons (Fsp3) is 0.562. The fourth-order valence-corrected chi connectivity index (χ4v) is 2.60. The van der Waals surface area contributed by atoms with E-state index in [9.17, 15) is 18.0 Å². The van der Waals surface area contributed by atoms with Crippen LogP contribution in [-0.4, -0.2) is 49.0 Å². The number of morpholine rings is 1. The van der Waals surface area contributed by atoms with Crippen molar-refractivity contribution in [3.63, 3.8) is 0 Å². The molecule has 0 aliphatic carbocycles. The summed E-state index contributed by atoms with van der Waals surface area (Å²) in [7, 11) is 0. The molecule has 5 nitrogen and oxygen atoms in total. The zero-order chi connectivity index (χ0) is 17.9. The molecule has 0 saturated carbocycles. The summed E-state index contributed by atoms with van der Waals surface area (Å²) >= 11 is 0. The van der Waals surface area contributed by atoms with Gasteiger partial charge < -0.3 is 19.7 Å². The highest BCUT2D eigenvalue weighted by molar-refractivity contribution is 5.90. The lowest BCUT2D eigenvalue weighted by Crippen LogP contribution is -2.49. The number of nitrogens with zero attached hydrogens (tertiary/aromatic N) is 1. The Morgan fingerprint density at radius 3 is 2.54 bits per heavy atom. The number of amides is 2. The van der Waals surface area contributed by atoms with Gasteiger partial charge in [0.25, 0.3) is 0 Å². The van der Waals surface area contributed by atoms with Gasteiger partial charge in [-0.25, -0.2) is 4.79 Å². The molecule has 2 rings (SSSR count). The van der Waals surface area contributed by atoms with Crippen molar-refractivity contribution >= 4 is 11.7 Å². The maximum Gasteiger partial charge on any atom is 0.422 e. The third-order valence-corrected chi connectivity index (χ3v) is 3.62. The van der Waals surface area contributed by atoms with E-state index in [0.29, 0.717) is 24.3 Å². The summed E-state index contributed by atoms with van der Waals surface area (Å²) in [5, 5.41) is 2.73. The maximum absolute atomic E-state index is 12.4. The predicted molar refractivity (Wildman–Crippen MR) is 83.3 cm³/mol. The van der Waals surface area contributed by atoms with Crippen LogP contribution in [0.4, 0.5) is 23.7 Å². The largest absolute Gasteiger partial charge is 0.484 e. The summed E-state index contributed by atoms with van der Waals surface area (Å²) in [6.07, 6.45) is -4.55. The van der Waals surface area contributed by atoms with Crippen molar-refractivity contribution in [2.75, 3.05) is 25.0 Å². The van der Waals surface area contributed by atoms with Crippen LogP contribution in [0.3, 0.4) is 0 Å². The summed E-state index contributed by atoms with van der Waals surface area (Å²) < 4.78 is 47.2. The Labute approximate surface area is 138 Å². The number of alkyl halides is 3. The Morgan fingerprint density at radius 1 is 1.33 bits per heavy atom. The molecule has 1 aliphatic heterocycles. The molecule has 1 saturated heterocycles. The molecule has 0 aromatic heterocycles. The van der Waals surface area contributed by atoms with E-state index in [-0.39, 0.29) is 24.0 Å². The molecule has 1 N–H and O–H groups in total.